The lowest BCUT2D eigenvalue weighted by molar-refractivity contribution is -0.121. The Kier molecular flexibility index (Phi) is 5.61. The van der Waals surface area contributed by atoms with Crippen molar-refractivity contribution in [2.24, 2.45) is 0 Å². The van der Waals surface area contributed by atoms with E-state index < -0.39 is 5.91 Å². The summed E-state index contributed by atoms with van der Waals surface area (Å²) >= 11 is 0. The van der Waals surface area contributed by atoms with Gasteiger partial charge in [0.25, 0.3) is 5.91 Å². The molecule has 3 N–H and O–H groups in total. The first kappa shape index (κ1) is 18.3. The summed E-state index contributed by atoms with van der Waals surface area (Å²) in [5.74, 6) is 0.257. The zero-order chi connectivity index (χ0) is 19.2. The Labute approximate surface area is 156 Å². The van der Waals surface area contributed by atoms with Crippen LogP contribution >= 0.6 is 0 Å². The number of para-hydroxylation sites is 1. The van der Waals surface area contributed by atoms with Crippen LogP contribution in [0.5, 0.6) is 11.5 Å². The third kappa shape index (κ3) is 4.20. The number of aromatic amines is 1. The normalized spacial score (nSPS) is 10.4. The van der Waals surface area contributed by atoms with Gasteiger partial charge in [-0.25, -0.2) is 0 Å². The molecule has 0 aliphatic carbocycles. The molecule has 0 aliphatic heterocycles. The van der Waals surface area contributed by atoms with Crippen molar-refractivity contribution in [3.8, 4) is 11.5 Å². The molecular weight excluding hydrogens is 346 g/mol. The molecule has 0 radical (unpaired) electrons. The van der Waals surface area contributed by atoms with Gasteiger partial charge in [0.15, 0.2) is 11.5 Å². The van der Waals surface area contributed by atoms with Gasteiger partial charge in [-0.3, -0.25) is 20.4 Å². The molecule has 2 amide bonds. The third-order valence-corrected chi connectivity index (χ3v) is 4.07. The summed E-state index contributed by atoms with van der Waals surface area (Å²) < 4.78 is 10.7. The molecular formula is C20H21N3O4. The topological polar surface area (TPSA) is 92.5 Å². The van der Waals surface area contributed by atoms with E-state index in [-0.39, 0.29) is 12.3 Å². The number of fused-ring (bicyclic) bond motifs is 1. The number of carbonyl (C=O) groups excluding carboxylic acids is 2. The van der Waals surface area contributed by atoms with Gasteiger partial charge in [-0.2, -0.15) is 0 Å². The summed E-state index contributed by atoms with van der Waals surface area (Å²) in [7, 11) is 1.53. The number of rotatable bonds is 6. The number of aromatic nitrogens is 1. The lowest BCUT2D eigenvalue weighted by Gasteiger charge is -2.11. The SMILES string of the molecule is CCOc1cc(C(=O)NNC(=O)Cc2c[nH]c3ccccc23)ccc1OC. The van der Waals surface area contributed by atoms with Crippen molar-refractivity contribution in [2.45, 2.75) is 13.3 Å². The molecule has 7 nitrogen and oxygen atoms in total. The number of hydrazine groups is 1. The van der Waals surface area contributed by atoms with Crippen molar-refractivity contribution < 1.29 is 19.1 Å². The molecule has 0 fully saturated rings. The minimum absolute atomic E-state index is 0.150. The first-order chi connectivity index (χ1) is 13.1. The molecule has 1 aromatic heterocycles. The maximum atomic E-state index is 12.3. The van der Waals surface area contributed by atoms with E-state index in [1.165, 1.54) is 7.11 Å². The lowest BCUT2D eigenvalue weighted by atomic mass is 10.1. The molecule has 3 aromatic rings. The van der Waals surface area contributed by atoms with Gasteiger partial charge in [0.2, 0.25) is 5.91 Å². The molecule has 0 saturated heterocycles. The van der Waals surface area contributed by atoms with E-state index in [0.717, 1.165) is 16.5 Å². The number of carbonyl (C=O) groups is 2. The van der Waals surface area contributed by atoms with Crippen LogP contribution in [0.1, 0.15) is 22.8 Å². The molecule has 1 heterocycles. The minimum Gasteiger partial charge on any atom is -0.493 e. The maximum absolute atomic E-state index is 12.3. The van der Waals surface area contributed by atoms with Crippen LogP contribution < -0.4 is 20.3 Å². The van der Waals surface area contributed by atoms with Crippen LogP contribution in [-0.4, -0.2) is 30.5 Å². The number of amides is 2. The number of methoxy groups -OCH3 is 1. The Balaban J connectivity index is 1.61. The van der Waals surface area contributed by atoms with Crippen molar-refractivity contribution in [3.63, 3.8) is 0 Å². The van der Waals surface area contributed by atoms with Gasteiger partial charge in [0.05, 0.1) is 20.1 Å². The van der Waals surface area contributed by atoms with Crippen LogP contribution in [-0.2, 0) is 11.2 Å². The Hall–Kier alpha value is -3.48. The molecule has 27 heavy (non-hydrogen) atoms. The average molecular weight is 367 g/mol. The van der Waals surface area contributed by atoms with Gasteiger partial charge in [-0.1, -0.05) is 18.2 Å². The van der Waals surface area contributed by atoms with Crippen molar-refractivity contribution in [2.75, 3.05) is 13.7 Å². The first-order valence-corrected chi connectivity index (χ1v) is 8.57. The molecule has 0 unspecified atom stereocenters. The van der Waals surface area contributed by atoms with Crippen LogP contribution in [0.15, 0.2) is 48.7 Å². The highest BCUT2D eigenvalue weighted by molar-refractivity contribution is 5.96. The number of hydrogen-bond donors (Lipinski definition) is 3. The van der Waals surface area contributed by atoms with E-state index in [9.17, 15) is 9.59 Å². The fourth-order valence-corrected chi connectivity index (χ4v) is 2.78. The summed E-state index contributed by atoms with van der Waals surface area (Å²) in [6, 6.07) is 12.5. The van der Waals surface area contributed by atoms with Crippen molar-refractivity contribution in [1.29, 1.82) is 0 Å². The van der Waals surface area contributed by atoms with Gasteiger partial charge < -0.3 is 14.5 Å². The number of hydrogen-bond acceptors (Lipinski definition) is 4. The van der Waals surface area contributed by atoms with Gasteiger partial charge >= 0.3 is 0 Å². The Morgan fingerprint density at radius 1 is 1.07 bits per heavy atom. The number of ether oxygens (including phenoxy) is 2. The van der Waals surface area contributed by atoms with E-state index >= 15 is 0 Å². The second-order valence-electron chi connectivity index (χ2n) is 5.84. The highest BCUT2D eigenvalue weighted by Gasteiger charge is 2.13. The quantitative estimate of drug-likeness (QED) is 0.584. The van der Waals surface area contributed by atoms with Crippen LogP contribution in [0.3, 0.4) is 0 Å². The van der Waals surface area contributed by atoms with Crippen molar-refractivity contribution in [3.05, 3.63) is 59.8 Å². The average Bonchev–Trinajstić information content (AvgIpc) is 3.09. The number of benzene rings is 2. The summed E-state index contributed by atoms with van der Waals surface area (Å²) in [5, 5.41) is 0.982. The van der Waals surface area contributed by atoms with Crippen LogP contribution in [0.25, 0.3) is 10.9 Å². The van der Waals surface area contributed by atoms with E-state index in [0.29, 0.717) is 23.7 Å². The van der Waals surface area contributed by atoms with Crippen molar-refractivity contribution in [1.82, 2.24) is 15.8 Å². The van der Waals surface area contributed by atoms with E-state index in [1.807, 2.05) is 31.2 Å². The second kappa shape index (κ2) is 8.27. The number of H-pyrrole nitrogens is 1. The Bertz CT molecular complexity index is 965. The van der Waals surface area contributed by atoms with Gasteiger partial charge in [0, 0.05) is 22.7 Å². The fraction of sp³-hybridized carbons (Fsp3) is 0.200. The Morgan fingerprint density at radius 2 is 1.89 bits per heavy atom. The predicted octanol–water partition coefficient (Wildman–Crippen LogP) is 2.58. The molecule has 7 heteroatoms. The third-order valence-electron chi connectivity index (χ3n) is 4.07. The molecule has 0 atom stereocenters. The van der Waals surface area contributed by atoms with Gasteiger partial charge in [0.1, 0.15) is 0 Å². The number of nitrogens with one attached hydrogen (secondary N) is 3. The predicted molar refractivity (Wildman–Crippen MR) is 102 cm³/mol. The van der Waals surface area contributed by atoms with Gasteiger partial charge in [-0.15, -0.1) is 0 Å². The summed E-state index contributed by atoms with van der Waals surface area (Å²) in [4.78, 5) is 27.6. The molecule has 3 rings (SSSR count). The van der Waals surface area contributed by atoms with E-state index in [4.69, 9.17) is 9.47 Å². The molecule has 2 aromatic carbocycles. The molecule has 0 saturated carbocycles. The largest absolute Gasteiger partial charge is 0.493 e. The standard InChI is InChI=1S/C20H21N3O4/c1-3-27-18-10-13(8-9-17(18)26-2)20(25)23-22-19(24)11-14-12-21-16-7-5-4-6-15(14)16/h4-10,12,21H,3,11H2,1-2H3,(H,22,24)(H,23,25). The summed E-state index contributed by atoms with van der Waals surface area (Å²) in [6.07, 6.45) is 1.95. The fourth-order valence-electron chi connectivity index (χ4n) is 2.78. The lowest BCUT2D eigenvalue weighted by Crippen LogP contribution is -2.42. The Morgan fingerprint density at radius 3 is 2.67 bits per heavy atom. The van der Waals surface area contributed by atoms with Crippen molar-refractivity contribution >= 4 is 22.7 Å². The molecule has 0 spiro atoms. The molecule has 140 valence electrons. The summed E-state index contributed by atoms with van der Waals surface area (Å²) in [5.41, 5.74) is 7.04. The van der Waals surface area contributed by atoms with E-state index in [2.05, 4.69) is 15.8 Å². The zero-order valence-corrected chi connectivity index (χ0v) is 15.2. The summed E-state index contributed by atoms with van der Waals surface area (Å²) in [6.45, 7) is 2.29. The van der Waals surface area contributed by atoms with Crippen LogP contribution in [0.4, 0.5) is 0 Å². The highest BCUT2D eigenvalue weighted by atomic mass is 16.5. The molecule has 0 aliphatic rings. The first-order valence-electron chi connectivity index (χ1n) is 8.57. The molecule has 0 bridgehead atoms. The smallest absolute Gasteiger partial charge is 0.269 e. The van der Waals surface area contributed by atoms with Crippen LogP contribution in [0.2, 0.25) is 0 Å². The van der Waals surface area contributed by atoms with E-state index in [1.54, 1.807) is 24.4 Å². The maximum Gasteiger partial charge on any atom is 0.269 e. The highest BCUT2D eigenvalue weighted by Crippen LogP contribution is 2.28. The minimum atomic E-state index is -0.439. The van der Waals surface area contributed by atoms with Crippen LogP contribution in [0, 0.1) is 0 Å². The monoisotopic (exact) mass is 367 g/mol. The van der Waals surface area contributed by atoms with Gasteiger partial charge in [-0.05, 0) is 36.8 Å². The second-order valence-corrected chi connectivity index (χ2v) is 5.84. The zero-order valence-electron chi connectivity index (χ0n) is 15.2.